The maximum atomic E-state index is 8.63. The summed E-state index contributed by atoms with van der Waals surface area (Å²) < 4.78 is 5.55. The lowest BCUT2D eigenvalue weighted by atomic mass is 10.3. The maximum Gasteiger partial charge on any atom is 0.132 e. The number of benzene rings is 1. The standard InChI is InChI=1S/C11H16O2S/c1-2-14-11-7-4-3-6-10(11)13-9-5-8-12/h3-4,6-7,12H,2,5,8-9H2,1H3. The Hall–Kier alpha value is -0.670. The van der Waals surface area contributed by atoms with Gasteiger partial charge in [-0.1, -0.05) is 19.1 Å². The monoisotopic (exact) mass is 212 g/mol. The van der Waals surface area contributed by atoms with Crippen molar-refractivity contribution in [3.05, 3.63) is 24.3 Å². The molecule has 3 heteroatoms. The third kappa shape index (κ3) is 3.60. The number of rotatable bonds is 6. The average molecular weight is 212 g/mol. The summed E-state index contributed by atoms with van der Waals surface area (Å²) in [4.78, 5) is 1.17. The third-order valence-electron chi connectivity index (χ3n) is 1.71. The Morgan fingerprint density at radius 3 is 2.86 bits per heavy atom. The Kier molecular flexibility index (Phi) is 5.49. The molecule has 0 unspecified atom stereocenters. The topological polar surface area (TPSA) is 29.5 Å². The lowest BCUT2D eigenvalue weighted by Gasteiger charge is -2.09. The van der Waals surface area contributed by atoms with Crippen molar-refractivity contribution in [3.8, 4) is 5.75 Å². The number of aliphatic hydroxyl groups is 1. The first kappa shape index (κ1) is 11.4. The molecule has 0 aromatic heterocycles. The molecule has 1 N–H and O–H groups in total. The Balaban J connectivity index is 2.55. The predicted molar refractivity (Wildman–Crippen MR) is 60.0 cm³/mol. The summed E-state index contributed by atoms with van der Waals surface area (Å²) in [6.07, 6.45) is 0.686. The summed E-state index contributed by atoms with van der Waals surface area (Å²) in [5.41, 5.74) is 0. The van der Waals surface area contributed by atoms with Crippen LogP contribution in [0.3, 0.4) is 0 Å². The molecule has 2 nitrogen and oxygen atoms in total. The van der Waals surface area contributed by atoms with E-state index in [1.165, 1.54) is 4.90 Å². The number of hydrogen-bond acceptors (Lipinski definition) is 3. The van der Waals surface area contributed by atoms with Crippen LogP contribution in [-0.2, 0) is 0 Å². The molecule has 0 fully saturated rings. The van der Waals surface area contributed by atoms with Crippen LogP contribution in [0.4, 0.5) is 0 Å². The summed E-state index contributed by atoms with van der Waals surface area (Å²) in [5.74, 6) is 1.97. The van der Waals surface area contributed by atoms with Crippen LogP contribution in [0.5, 0.6) is 5.75 Å². The van der Waals surface area contributed by atoms with E-state index in [-0.39, 0.29) is 6.61 Å². The van der Waals surface area contributed by atoms with E-state index in [1.807, 2.05) is 18.2 Å². The van der Waals surface area contributed by atoms with Gasteiger partial charge in [0.25, 0.3) is 0 Å². The molecule has 0 spiro atoms. The van der Waals surface area contributed by atoms with Crippen LogP contribution >= 0.6 is 11.8 Å². The molecule has 0 aliphatic rings. The van der Waals surface area contributed by atoms with E-state index in [4.69, 9.17) is 9.84 Å². The fourth-order valence-electron chi connectivity index (χ4n) is 1.09. The van der Waals surface area contributed by atoms with Gasteiger partial charge >= 0.3 is 0 Å². The van der Waals surface area contributed by atoms with Gasteiger partial charge in [0.1, 0.15) is 5.75 Å². The predicted octanol–water partition coefficient (Wildman–Crippen LogP) is 2.56. The minimum Gasteiger partial charge on any atom is -0.492 e. The molecular weight excluding hydrogens is 196 g/mol. The molecular formula is C11H16O2S. The Bertz CT molecular complexity index is 263. The normalized spacial score (nSPS) is 10.1. The second-order valence-corrected chi connectivity index (χ2v) is 4.11. The fraction of sp³-hybridized carbons (Fsp3) is 0.455. The highest BCUT2D eigenvalue weighted by atomic mass is 32.2. The van der Waals surface area contributed by atoms with E-state index in [1.54, 1.807) is 11.8 Å². The number of thioether (sulfide) groups is 1. The lowest BCUT2D eigenvalue weighted by Crippen LogP contribution is -2.00. The molecule has 0 amide bonds. The summed E-state index contributed by atoms with van der Waals surface area (Å²) in [6.45, 7) is 2.88. The Labute approximate surface area is 89.3 Å². The van der Waals surface area contributed by atoms with Crippen molar-refractivity contribution in [1.29, 1.82) is 0 Å². The zero-order valence-electron chi connectivity index (χ0n) is 8.40. The molecule has 1 rings (SSSR count). The summed E-state index contributed by atoms with van der Waals surface area (Å²) in [5, 5.41) is 8.63. The summed E-state index contributed by atoms with van der Waals surface area (Å²) >= 11 is 1.77. The molecule has 1 aromatic rings. The van der Waals surface area contributed by atoms with Gasteiger partial charge in [-0.25, -0.2) is 0 Å². The van der Waals surface area contributed by atoms with Crippen LogP contribution in [0.2, 0.25) is 0 Å². The van der Waals surface area contributed by atoms with Gasteiger partial charge in [0, 0.05) is 17.9 Å². The number of ether oxygens (including phenoxy) is 1. The van der Waals surface area contributed by atoms with Gasteiger partial charge in [0.2, 0.25) is 0 Å². The molecule has 14 heavy (non-hydrogen) atoms. The van der Waals surface area contributed by atoms with Crippen LogP contribution in [0.15, 0.2) is 29.2 Å². The van der Waals surface area contributed by atoms with Crippen molar-refractivity contribution >= 4 is 11.8 Å². The average Bonchev–Trinajstić information content (AvgIpc) is 2.21. The minimum absolute atomic E-state index is 0.184. The first-order valence-electron chi connectivity index (χ1n) is 4.84. The first-order valence-corrected chi connectivity index (χ1v) is 5.82. The zero-order chi connectivity index (χ0) is 10.2. The van der Waals surface area contributed by atoms with Crippen LogP contribution in [0, 0.1) is 0 Å². The molecule has 0 aliphatic carbocycles. The molecule has 0 bridgehead atoms. The van der Waals surface area contributed by atoms with Gasteiger partial charge < -0.3 is 9.84 Å². The molecule has 0 atom stereocenters. The highest BCUT2D eigenvalue weighted by molar-refractivity contribution is 7.99. The van der Waals surface area contributed by atoms with Crippen LogP contribution in [0.1, 0.15) is 13.3 Å². The summed E-state index contributed by atoms with van der Waals surface area (Å²) in [7, 11) is 0. The molecule has 1 aromatic carbocycles. The fourth-order valence-corrected chi connectivity index (χ4v) is 1.85. The van der Waals surface area contributed by atoms with E-state index in [9.17, 15) is 0 Å². The molecule has 0 aliphatic heterocycles. The molecule has 78 valence electrons. The lowest BCUT2D eigenvalue weighted by molar-refractivity contribution is 0.231. The minimum atomic E-state index is 0.184. The van der Waals surface area contributed by atoms with Crippen LogP contribution in [0.25, 0.3) is 0 Å². The van der Waals surface area contributed by atoms with Gasteiger partial charge in [-0.2, -0.15) is 0 Å². The maximum absolute atomic E-state index is 8.63. The summed E-state index contributed by atoms with van der Waals surface area (Å²) in [6, 6.07) is 8.00. The quantitative estimate of drug-likeness (QED) is 0.580. The largest absolute Gasteiger partial charge is 0.492 e. The Morgan fingerprint density at radius 2 is 2.14 bits per heavy atom. The smallest absolute Gasteiger partial charge is 0.132 e. The van der Waals surface area contributed by atoms with E-state index < -0.39 is 0 Å². The van der Waals surface area contributed by atoms with E-state index in [0.29, 0.717) is 13.0 Å². The highest BCUT2D eigenvalue weighted by Crippen LogP contribution is 2.28. The van der Waals surface area contributed by atoms with Crippen LogP contribution < -0.4 is 4.74 Å². The molecule has 0 heterocycles. The zero-order valence-corrected chi connectivity index (χ0v) is 9.22. The van der Waals surface area contributed by atoms with Crippen molar-refractivity contribution < 1.29 is 9.84 Å². The van der Waals surface area contributed by atoms with Gasteiger partial charge in [-0.15, -0.1) is 11.8 Å². The van der Waals surface area contributed by atoms with Gasteiger partial charge in [0.15, 0.2) is 0 Å². The second kappa shape index (κ2) is 6.74. The number of hydrogen-bond donors (Lipinski definition) is 1. The molecule has 0 saturated carbocycles. The second-order valence-electron chi connectivity index (χ2n) is 2.81. The van der Waals surface area contributed by atoms with E-state index in [2.05, 4.69) is 13.0 Å². The van der Waals surface area contributed by atoms with Gasteiger partial charge in [-0.3, -0.25) is 0 Å². The van der Waals surface area contributed by atoms with Crippen molar-refractivity contribution in [3.63, 3.8) is 0 Å². The van der Waals surface area contributed by atoms with Crippen molar-refractivity contribution in [1.82, 2.24) is 0 Å². The van der Waals surface area contributed by atoms with Gasteiger partial charge in [0.05, 0.1) is 6.61 Å². The highest BCUT2D eigenvalue weighted by Gasteiger charge is 2.01. The van der Waals surface area contributed by atoms with Gasteiger partial charge in [-0.05, 0) is 17.9 Å². The Morgan fingerprint density at radius 1 is 1.36 bits per heavy atom. The van der Waals surface area contributed by atoms with Crippen LogP contribution in [-0.4, -0.2) is 24.1 Å². The van der Waals surface area contributed by atoms with E-state index >= 15 is 0 Å². The number of aliphatic hydroxyl groups excluding tert-OH is 1. The first-order chi connectivity index (χ1) is 6.88. The van der Waals surface area contributed by atoms with Crippen molar-refractivity contribution in [2.45, 2.75) is 18.2 Å². The number of para-hydroxylation sites is 1. The third-order valence-corrected chi connectivity index (χ3v) is 2.65. The van der Waals surface area contributed by atoms with E-state index in [0.717, 1.165) is 11.5 Å². The van der Waals surface area contributed by atoms with Crippen molar-refractivity contribution in [2.75, 3.05) is 19.0 Å². The molecule has 0 radical (unpaired) electrons. The van der Waals surface area contributed by atoms with Crippen molar-refractivity contribution in [2.24, 2.45) is 0 Å². The molecule has 0 saturated heterocycles. The SMILES string of the molecule is CCSc1ccccc1OCCCO.